The van der Waals surface area contributed by atoms with Crippen molar-refractivity contribution in [2.45, 2.75) is 6.54 Å². The van der Waals surface area contributed by atoms with E-state index in [1.165, 1.54) is 32.5 Å². The molecule has 0 spiro atoms. The Morgan fingerprint density at radius 3 is 2.86 bits per heavy atom. The smallest absolute Gasteiger partial charge is 0.240 e. The Kier molecular flexibility index (Phi) is 1.99. The van der Waals surface area contributed by atoms with Crippen LogP contribution in [0.3, 0.4) is 0 Å². The number of rotatable bonds is 2. The molecule has 0 aliphatic carbocycles. The van der Waals surface area contributed by atoms with E-state index in [-0.39, 0.29) is 0 Å². The van der Waals surface area contributed by atoms with Crippen molar-refractivity contribution in [3.8, 4) is 0 Å². The predicted octanol–water partition coefficient (Wildman–Crippen LogP) is -0.279. The van der Waals surface area contributed by atoms with Crippen molar-refractivity contribution in [1.29, 1.82) is 0 Å². The van der Waals surface area contributed by atoms with Gasteiger partial charge in [0.1, 0.15) is 0 Å². The maximum absolute atomic E-state index is 5.00. The van der Waals surface area contributed by atoms with Crippen molar-refractivity contribution in [1.82, 2.24) is 20.4 Å². The summed E-state index contributed by atoms with van der Waals surface area (Å²) in [5.41, 5.74) is 0. The van der Waals surface area contributed by atoms with Crippen LogP contribution in [0, 0.1) is 11.8 Å². The topological polar surface area (TPSA) is 54.2 Å². The molecule has 0 amide bonds. The minimum absolute atomic E-state index is 0.734. The maximum atomic E-state index is 5.00. The van der Waals surface area contributed by atoms with Crippen LogP contribution in [-0.2, 0) is 6.54 Å². The summed E-state index contributed by atoms with van der Waals surface area (Å²) in [7, 11) is 0. The minimum atomic E-state index is 0.734. The van der Waals surface area contributed by atoms with Gasteiger partial charge in [0.2, 0.25) is 5.89 Å². The molecule has 0 radical (unpaired) electrons. The third-order valence-corrected chi connectivity index (χ3v) is 3.23. The first-order valence-corrected chi connectivity index (χ1v) is 5.10. The number of fused-ring (bicyclic) bond motifs is 1. The summed E-state index contributed by atoms with van der Waals surface area (Å²) in [5, 5.41) is 7.04. The standard InChI is InChI=1S/C9H14N4O/c1-7-3-13(4-8(7)2-10-1)5-9-11-6-12-14-9/h6-8,10H,1-5H2. The fourth-order valence-corrected chi connectivity index (χ4v) is 2.54. The SMILES string of the molecule is c1noc(CN2CC3CNCC3C2)n1. The number of aromatic nitrogens is 2. The monoisotopic (exact) mass is 194 g/mol. The van der Waals surface area contributed by atoms with E-state index in [2.05, 4.69) is 20.4 Å². The van der Waals surface area contributed by atoms with Gasteiger partial charge in [-0.15, -0.1) is 0 Å². The summed E-state index contributed by atoms with van der Waals surface area (Å²) in [4.78, 5) is 6.45. The van der Waals surface area contributed by atoms with Crippen molar-refractivity contribution in [3.05, 3.63) is 12.2 Å². The molecule has 2 unspecified atom stereocenters. The number of likely N-dealkylation sites (tertiary alicyclic amines) is 1. The highest BCUT2D eigenvalue weighted by molar-refractivity contribution is 4.92. The minimum Gasteiger partial charge on any atom is -0.338 e. The van der Waals surface area contributed by atoms with Gasteiger partial charge in [0.25, 0.3) is 0 Å². The second-order valence-electron chi connectivity index (χ2n) is 4.21. The van der Waals surface area contributed by atoms with Crippen molar-refractivity contribution < 1.29 is 4.52 Å². The summed E-state index contributed by atoms with van der Waals surface area (Å²) in [6, 6.07) is 0. The molecule has 2 aliphatic rings. The number of nitrogens with zero attached hydrogens (tertiary/aromatic N) is 3. The zero-order valence-electron chi connectivity index (χ0n) is 8.02. The molecule has 2 fully saturated rings. The molecule has 2 aliphatic heterocycles. The van der Waals surface area contributed by atoms with Gasteiger partial charge in [0.05, 0.1) is 6.54 Å². The molecule has 0 bridgehead atoms. The van der Waals surface area contributed by atoms with Gasteiger partial charge in [-0.3, -0.25) is 4.90 Å². The lowest BCUT2D eigenvalue weighted by molar-refractivity contribution is 0.253. The highest BCUT2D eigenvalue weighted by atomic mass is 16.5. The van der Waals surface area contributed by atoms with Crippen molar-refractivity contribution in [2.24, 2.45) is 11.8 Å². The van der Waals surface area contributed by atoms with Gasteiger partial charge >= 0.3 is 0 Å². The third kappa shape index (κ3) is 1.42. The summed E-state index contributed by atoms with van der Waals surface area (Å²) in [5.74, 6) is 2.40. The van der Waals surface area contributed by atoms with E-state index in [9.17, 15) is 0 Å². The van der Waals surface area contributed by atoms with Crippen LogP contribution in [0.2, 0.25) is 0 Å². The second-order valence-corrected chi connectivity index (χ2v) is 4.21. The summed E-state index contributed by atoms with van der Waals surface area (Å²) < 4.78 is 5.00. The largest absolute Gasteiger partial charge is 0.338 e. The van der Waals surface area contributed by atoms with Gasteiger partial charge < -0.3 is 9.84 Å². The molecule has 76 valence electrons. The Morgan fingerprint density at radius 1 is 1.43 bits per heavy atom. The summed E-state index contributed by atoms with van der Waals surface area (Å²) >= 11 is 0. The molecule has 5 nitrogen and oxygen atoms in total. The number of nitrogens with one attached hydrogen (secondary N) is 1. The molecule has 1 N–H and O–H groups in total. The quantitative estimate of drug-likeness (QED) is 0.701. The van der Waals surface area contributed by atoms with E-state index in [1.54, 1.807) is 0 Å². The van der Waals surface area contributed by atoms with Crippen LogP contribution in [0.5, 0.6) is 0 Å². The first-order valence-electron chi connectivity index (χ1n) is 5.10. The Morgan fingerprint density at radius 2 is 2.21 bits per heavy atom. The van der Waals surface area contributed by atoms with Crippen LogP contribution in [0.15, 0.2) is 10.9 Å². The highest BCUT2D eigenvalue weighted by Gasteiger charge is 2.36. The lowest BCUT2D eigenvalue weighted by Crippen LogP contribution is -2.25. The van der Waals surface area contributed by atoms with E-state index in [0.717, 1.165) is 24.3 Å². The zero-order valence-corrected chi connectivity index (χ0v) is 8.02. The molecule has 2 atom stereocenters. The molecule has 1 aromatic rings. The van der Waals surface area contributed by atoms with Crippen LogP contribution in [-0.4, -0.2) is 41.2 Å². The van der Waals surface area contributed by atoms with E-state index in [4.69, 9.17) is 4.52 Å². The van der Waals surface area contributed by atoms with Gasteiger partial charge in [-0.1, -0.05) is 5.16 Å². The highest BCUT2D eigenvalue weighted by Crippen LogP contribution is 2.26. The molecule has 1 aromatic heterocycles. The first-order chi connectivity index (χ1) is 6.92. The van der Waals surface area contributed by atoms with Gasteiger partial charge in [-0.05, 0) is 24.9 Å². The summed E-state index contributed by atoms with van der Waals surface area (Å²) in [6.07, 6.45) is 1.47. The lowest BCUT2D eigenvalue weighted by atomic mass is 10.0. The molecule has 14 heavy (non-hydrogen) atoms. The average molecular weight is 194 g/mol. The fraction of sp³-hybridized carbons (Fsp3) is 0.778. The second kappa shape index (κ2) is 3.33. The Balaban J connectivity index is 1.61. The Bertz CT molecular complexity index is 288. The van der Waals surface area contributed by atoms with Crippen LogP contribution in [0.1, 0.15) is 5.89 Å². The lowest BCUT2D eigenvalue weighted by Gasteiger charge is -2.13. The molecule has 5 heteroatoms. The Hall–Kier alpha value is -0.940. The first kappa shape index (κ1) is 8.38. The van der Waals surface area contributed by atoms with Gasteiger partial charge in [0, 0.05) is 13.1 Å². The van der Waals surface area contributed by atoms with E-state index < -0.39 is 0 Å². The molecule has 0 saturated carbocycles. The van der Waals surface area contributed by atoms with Gasteiger partial charge in [0.15, 0.2) is 6.33 Å². The van der Waals surface area contributed by atoms with E-state index in [1.807, 2.05) is 0 Å². The number of hydrogen-bond donors (Lipinski definition) is 1. The molecule has 3 rings (SSSR count). The van der Waals surface area contributed by atoms with Crippen LogP contribution in [0.4, 0.5) is 0 Å². The van der Waals surface area contributed by atoms with Crippen LogP contribution in [0.25, 0.3) is 0 Å². The predicted molar refractivity (Wildman–Crippen MR) is 49.4 cm³/mol. The van der Waals surface area contributed by atoms with Crippen molar-refractivity contribution in [2.75, 3.05) is 26.2 Å². The van der Waals surface area contributed by atoms with E-state index in [0.29, 0.717) is 0 Å². The van der Waals surface area contributed by atoms with Crippen molar-refractivity contribution in [3.63, 3.8) is 0 Å². The van der Waals surface area contributed by atoms with Gasteiger partial charge in [-0.25, -0.2) is 0 Å². The third-order valence-electron chi connectivity index (χ3n) is 3.23. The van der Waals surface area contributed by atoms with Crippen molar-refractivity contribution >= 4 is 0 Å². The normalized spacial score (nSPS) is 32.3. The molecular weight excluding hydrogens is 180 g/mol. The van der Waals surface area contributed by atoms with Crippen LogP contribution >= 0.6 is 0 Å². The molecular formula is C9H14N4O. The maximum Gasteiger partial charge on any atom is 0.240 e. The molecule has 2 saturated heterocycles. The average Bonchev–Trinajstić information content (AvgIpc) is 2.78. The molecule has 3 heterocycles. The number of hydrogen-bond acceptors (Lipinski definition) is 5. The van der Waals surface area contributed by atoms with Crippen LogP contribution < -0.4 is 5.32 Å². The zero-order chi connectivity index (χ0) is 9.38. The molecule has 0 aromatic carbocycles. The summed E-state index contributed by atoms with van der Waals surface area (Å²) in [6.45, 7) is 5.49. The van der Waals surface area contributed by atoms with Gasteiger partial charge in [-0.2, -0.15) is 4.98 Å². The Labute approximate surface area is 82.5 Å². The fourth-order valence-electron chi connectivity index (χ4n) is 2.54. The van der Waals surface area contributed by atoms with E-state index >= 15 is 0 Å².